The summed E-state index contributed by atoms with van der Waals surface area (Å²) < 4.78 is 39.6. The van der Waals surface area contributed by atoms with Crippen LogP contribution in [0.2, 0.25) is 0 Å². The predicted molar refractivity (Wildman–Crippen MR) is 89.9 cm³/mol. The summed E-state index contributed by atoms with van der Waals surface area (Å²) in [6, 6.07) is 3.67. The fraction of sp³-hybridized carbons (Fsp3) is 0.600. The first kappa shape index (κ1) is 20.7. The van der Waals surface area contributed by atoms with Gasteiger partial charge < -0.3 is 10.4 Å². The van der Waals surface area contributed by atoms with Crippen molar-refractivity contribution in [2.75, 3.05) is 32.8 Å². The van der Waals surface area contributed by atoms with Crippen LogP contribution in [-0.4, -0.2) is 42.8 Å². The highest BCUT2D eigenvalue weighted by Gasteiger charge is 2.32. The standard InChI is InChI=1S/C15H20BrF3N2O.ClH/c16-13-4-3-11(15(17,18)19)10-12(13)14(2-1-9-22)21-7-5-20-6-8-21;/h3-4,10,14,20,22H,1-2,5-9H2;1H/t14-;/m0./s1. The number of nitrogens with one attached hydrogen (secondary N) is 1. The summed E-state index contributed by atoms with van der Waals surface area (Å²) in [6.45, 7) is 3.27. The molecule has 2 N–H and O–H groups in total. The summed E-state index contributed by atoms with van der Waals surface area (Å²) in [6.07, 6.45) is -3.14. The molecule has 0 aromatic heterocycles. The summed E-state index contributed by atoms with van der Waals surface area (Å²) >= 11 is 3.38. The Bertz CT molecular complexity index is 496. The first-order valence-electron chi connectivity index (χ1n) is 7.35. The number of rotatable bonds is 5. The number of halogens is 5. The molecule has 3 nitrogen and oxygen atoms in total. The van der Waals surface area contributed by atoms with E-state index in [9.17, 15) is 13.2 Å². The summed E-state index contributed by atoms with van der Waals surface area (Å²) in [7, 11) is 0. The number of piperazine rings is 1. The van der Waals surface area contributed by atoms with Gasteiger partial charge in [-0.25, -0.2) is 0 Å². The second-order valence-corrected chi connectivity index (χ2v) is 6.26. The van der Waals surface area contributed by atoms with E-state index < -0.39 is 11.7 Å². The molecule has 1 heterocycles. The van der Waals surface area contributed by atoms with Crippen molar-refractivity contribution < 1.29 is 18.3 Å². The molecule has 0 unspecified atom stereocenters. The van der Waals surface area contributed by atoms with Crippen LogP contribution in [0.5, 0.6) is 0 Å². The molecule has 1 aliphatic rings. The van der Waals surface area contributed by atoms with Gasteiger partial charge in [-0.3, -0.25) is 4.90 Å². The van der Waals surface area contributed by atoms with Crippen LogP contribution in [-0.2, 0) is 6.18 Å². The van der Waals surface area contributed by atoms with Crippen LogP contribution in [0.4, 0.5) is 13.2 Å². The molecule has 0 bridgehead atoms. The van der Waals surface area contributed by atoms with Crippen LogP contribution in [0.1, 0.15) is 30.0 Å². The first-order valence-corrected chi connectivity index (χ1v) is 8.15. The van der Waals surface area contributed by atoms with E-state index in [0.717, 1.165) is 32.2 Å². The van der Waals surface area contributed by atoms with Gasteiger partial charge in [-0.05, 0) is 36.6 Å². The number of nitrogens with zero attached hydrogens (tertiary/aromatic N) is 1. The monoisotopic (exact) mass is 416 g/mol. The smallest absolute Gasteiger partial charge is 0.396 e. The van der Waals surface area contributed by atoms with Gasteiger partial charge in [0.15, 0.2) is 0 Å². The van der Waals surface area contributed by atoms with Gasteiger partial charge in [0.1, 0.15) is 0 Å². The number of aliphatic hydroxyl groups is 1. The molecule has 1 aromatic carbocycles. The van der Waals surface area contributed by atoms with Crippen molar-refractivity contribution in [2.45, 2.75) is 25.1 Å². The second-order valence-electron chi connectivity index (χ2n) is 5.40. The summed E-state index contributed by atoms with van der Waals surface area (Å²) in [5.74, 6) is 0. The average molecular weight is 418 g/mol. The van der Waals surface area contributed by atoms with E-state index in [-0.39, 0.29) is 25.1 Å². The number of aliphatic hydroxyl groups excluding tert-OH is 1. The van der Waals surface area contributed by atoms with Crippen LogP contribution in [0.15, 0.2) is 22.7 Å². The Morgan fingerprint density at radius 1 is 1.26 bits per heavy atom. The minimum atomic E-state index is -4.35. The van der Waals surface area contributed by atoms with E-state index >= 15 is 0 Å². The Labute approximate surface area is 148 Å². The summed E-state index contributed by atoms with van der Waals surface area (Å²) in [5.41, 5.74) is 0.0139. The van der Waals surface area contributed by atoms with Crippen LogP contribution in [0, 0.1) is 0 Å². The minimum absolute atomic E-state index is 0. The van der Waals surface area contributed by atoms with Crippen molar-refractivity contribution in [3.05, 3.63) is 33.8 Å². The molecule has 1 aliphatic heterocycles. The summed E-state index contributed by atoms with van der Waals surface area (Å²) in [4.78, 5) is 2.19. The topological polar surface area (TPSA) is 35.5 Å². The van der Waals surface area contributed by atoms with Gasteiger partial charge in [-0.2, -0.15) is 13.2 Å². The van der Waals surface area contributed by atoms with E-state index in [1.807, 2.05) is 0 Å². The summed E-state index contributed by atoms with van der Waals surface area (Å²) in [5, 5.41) is 12.3. The molecule has 132 valence electrons. The molecule has 1 aromatic rings. The van der Waals surface area contributed by atoms with Crippen molar-refractivity contribution >= 4 is 28.3 Å². The zero-order valence-corrected chi connectivity index (χ0v) is 15.0. The van der Waals surface area contributed by atoms with Gasteiger partial charge in [0, 0.05) is 43.3 Å². The maximum atomic E-state index is 13.0. The normalized spacial score (nSPS) is 17.6. The third-order valence-corrected chi connectivity index (χ3v) is 4.63. The van der Waals surface area contributed by atoms with E-state index in [4.69, 9.17) is 5.11 Å². The Balaban J connectivity index is 0.00000264. The minimum Gasteiger partial charge on any atom is -0.396 e. The fourth-order valence-electron chi connectivity index (χ4n) is 2.79. The lowest BCUT2D eigenvalue weighted by Gasteiger charge is -2.36. The maximum Gasteiger partial charge on any atom is 0.416 e. The van der Waals surface area contributed by atoms with Crippen molar-refractivity contribution in [3.63, 3.8) is 0 Å². The molecular weight excluding hydrogens is 397 g/mol. The van der Waals surface area contributed by atoms with Crippen molar-refractivity contribution in [3.8, 4) is 0 Å². The largest absolute Gasteiger partial charge is 0.416 e. The zero-order chi connectivity index (χ0) is 16.2. The second kappa shape index (κ2) is 9.22. The van der Waals surface area contributed by atoms with Gasteiger partial charge in [0.25, 0.3) is 0 Å². The Morgan fingerprint density at radius 3 is 2.48 bits per heavy atom. The van der Waals surface area contributed by atoms with Crippen LogP contribution in [0.25, 0.3) is 0 Å². The molecule has 1 saturated heterocycles. The lowest BCUT2D eigenvalue weighted by molar-refractivity contribution is -0.137. The van der Waals surface area contributed by atoms with Crippen molar-refractivity contribution in [1.29, 1.82) is 0 Å². The Hall–Kier alpha value is -0.340. The van der Waals surface area contributed by atoms with Gasteiger partial charge in [-0.1, -0.05) is 15.9 Å². The van der Waals surface area contributed by atoms with Gasteiger partial charge in [0.05, 0.1) is 5.56 Å². The third-order valence-electron chi connectivity index (χ3n) is 3.91. The van der Waals surface area contributed by atoms with Gasteiger partial charge in [-0.15, -0.1) is 12.4 Å². The molecule has 8 heteroatoms. The Morgan fingerprint density at radius 2 is 1.91 bits per heavy atom. The van der Waals surface area contributed by atoms with Gasteiger partial charge in [0.2, 0.25) is 0 Å². The van der Waals surface area contributed by atoms with Crippen LogP contribution >= 0.6 is 28.3 Å². The number of hydrogen-bond acceptors (Lipinski definition) is 3. The third kappa shape index (κ3) is 5.60. The number of alkyl halides is 3. The SMILES string of the molecule is Cl.OCCC[C@@H](c1cc(C(F)(F)F)ccc1Br)N1CCNCC1. The highest BCUT2D eigenvalue weighted by Crippen LogP contribution is 2.37. The van der Waals surface area contributed by atoms with E-state index in [0.29, 0.717) is 22.9 Å². The van der Waals surface area contributed by atoms with Crippen molar-refractivity contribution in [1.82, 2.24) is 10.2 Å². The first-order chi connectivity index (χ1) is 10.4. The highest BCUT2D eigenvalue weighted by molar-refractivity contribution is 9.10. The fourth-order valence-corrected chi connectivity index (χ4v) is 3.30. The maximum absolute atomic E-state index is 13.0. The lowest BCUT2D eigenvalue weighted by Crippen LogP contribution is -2.45. The van der Waals surface area contributed by atoms with Crippen LogP contribution in [0.3, 0.4) is 0 Å². The van der Waals surface area contributed by atoms with Crippen LogP contribution < -0.4 is 5.32 Å². The van der Waals surface area contributed by atoms with Gasteiger partial charge >= 0.3 is 6.18 Å². The van der Waals surface area contributed by atoms with E-state index in [1.54, 1.807) is 0 Å². The zero-order valence-electron chi connectivity index (χ0n) is 12.6. The molecular formula is C15H21BrClF3N2O. The van der Waals surface area contributed by atoms with E-state index in [2.05, 4.69) is 26.1 Å². The number of hydrogen-bond donors (Lipinski definition) is 2. The molecule has 0 amide bonds. The highest BCUT2D eigenvalue weighted by atomic mass is 79.9. The molecule has 0 aliphatic carbocycles. The number of benzene rings is 1. The molecule has 0 saturated carbocycles. The predicted octanol–water partition coefficient (Wildman–Crippen LogP) is 3.61. The lowest BCUT2D eigenvalue weighted by atomic mass is 9.97. The van der Waals surface area contributed by atoms with E-state index in [1.165, 1.54) is 12.1 Å². The van der Waals surface area contributed by atoms with Crippen molar-refractivity contribution in [2.24, 2.45) is 0 Å². The Kier molecular flexibility index (Phi) is 8.30. The molecule has 0 radical (unpaired) electrons. The molecule has 2 rings (SSSR count). The molecule has 1 fully saturated rings. The average Bonchev–Trinajstić information content (AvgIpc) is 2.49. The molecule has 0 spiro atoms. The molecule has 23 heavy (non-hydrogen) atoms. The molecule has 1 atom stereocenters. The quantitative estimate of drug-likeness (QED) is 0.768.